The standard InChI is InChI=1S/C27H29N7O/c1-19-29-10-13-32(19)14-15-35-23-4-6-26-25(17-23)30-18-34(26)27-7-2-20-16-22(3-5-24(20)31-27)33-11-8-21(28)9-12-33/h2-7,10,13,16-18,21H,8-9,11-12,14-15,28H2,1H3. The van der Waals surface area contributed by atoms with Gasteiger partial charge in [-0.1, -0.05) is 0 Å². The van der Waals surface area contributed by atoms with Crippen molar-refractivity contribution in [1.29, 1.82) is 0 Å². The van der Waals surface area contributed by atoms with E-state index in [2.05, 4.69) is 49.8 Å². The smallest absolute Gasteiger partial charge is 0.139 e. The molecule has 0 amide bonds. The minimum absolute atomic E-state index is 0.329. The van der Waals surface area contributed by atoms with E-state index in [1.807, 2.05) is 42.2 Å². The number of rotatable bonds is 6. The molecule has 0 radical (unpaired) electrons. The van der Waals surface area contributed by atoms with Crippen LogP contribution in [0.25, 0.3) is 27.8 Å². The van der Waals surface area contributed by atoms with Crippen molar-refractivity contribution >= 4 is 27.6 Å². The lowest BCUT2D eigenvalue weighted by atomic mass is 10.0. The van der Waals surface area contributed by atoms with Crippen molar-refractivity contribution in [3.63, 3.8) is 0 Å². The molecule has 5 aromatic rings. The number of imidazole rings is 2. The van der Waals surface area contributed by atoms with Gasteiger partial charge < -0.3 is 19.9 Å². The van der Waals surface area contributed by atoms with Crippen LogP contribution in [0.2, 0.25) is 0 Å². The third-order valence-corrected chi connectivity index (χ3v) is 6.85. The highest BCUT2D eigenvalue weighted by Gasteiger charge is 2.17. The molecule has 0 atom stereocenters. The SMILES string of the molecule is Cc1nccn1CCOc1ccc2c(c1)ncn2-c1ccc2cc(N3CCC(N)CC3)ccc2n1. The molecule has 0 bridgehead atoms. The maximum absolute atomic E-state index is 6.07. The molecule has 0 aliphatic carbocycles. The van der Waals surface area contributed by atoms with Crippen molar-refractivity contribution in [2.45, 2.75) is 32.4 Å². The number of nitrogens with zero attached hydrogens (tertiary/aromatic N) is 6. The summed E-state index contributed by atoms with van der Waals surface area (Å²) in [6, 6.07) is 17.0. The zero-order valence-corrected chi connectivity index (χ0v) is 19.8. The second-order valence-corrected chi connectivity index (χ2v) is 9.15. The van der Waals surface area contributed by atoms with E-state index in [1.165, 1.54) is 5.69 Å². The second-order valence-electron chi connectivity index (χ2n) is 9.15. The summed E-state index contributed by atoms with van der Waals surface area (Å²) in [4.78, 5) is 16.2. The summed E-state index contributed by atoms with van der Waals surface area (Å²) in [5.74, 6) is 2.64. The molecule has 3 aromatic heterocycles. The Bertz CT molecular complexity index is 1480. The molecule has 35 heavy (non-hydrogen) atoms. The summed E-state index contributed by atoms with van der Waals surface area (Å²) in [5, 5.41) is 1.13. The second kappa shape index (κ2) is 9.03. The number of hydrogen-bond acceptors (Lipinski definition) is 6. The van der Waals surface area contributed by atoms with Crippen LogP contribution in [-0.4, -0.2) is 49.8 Å². The van der Waals surface area contributed by atoms with Crippen LogP contribution in [0.5, 0.6) is 5.75 Å². The van der Waals surface area contributed by atoms with E-state index in [4.69, 9.17) is 15.5 Å². The van der Waals surface area contributed by atoms with Gasteiger partial charge in [-0.2, -0.15) is 0 Å². The van der Waals surface area contributed by atoms with E-state index in [1.54, 1.807) is 6.20 Å². The Morgan fingerprint density at radius 3 is 2.71 bits per heavy atom. The number of anilines is 1. The van der Waals surface area contributed by atoms with Crippen molar-refractivity contribution < 1.29 is 4.74 Å². The van der Waals surface area contributed by atoms with Gasteiger partial charge in [-0.3, -0.25) is 4.57 Å². The molecule has 4 heterocycles. The number of benzene rings is 2. The number of hydrogen-bond donors (Lipinski definition) is 1. The predicted octanol–water partition coefficient (Wildman–Crippen LogP) is 4.09. The molecule has 0 spiro atoms. The number of aryl methyl sites for hydroxylation is 1. The highest BCUT2D eigenvalue weighted by Crippen LogP contribution is 2.27. The van der Waals surface area contributed by atoms with Crippen molar-refractivity contribution in [3.05, 3.63) is 73.1 Å². The van der Waals surface area contributed by atoms with Crippen LogP contribution in [0.15, 0.2) is 67.3 Å². The van der Waals surface area contributed by atoms with Crippen LogP contribution in [0, 0.1) is 6.92 Å². The van der Waals surface area contributed by atoms with E-state index in [-0.39, 0.29) is 0 Å². The molecular weight excluding hydrogens is 438 g/mol. The average molecular weight is 468 g/mol. The summed E-state index contributed by atoms with van der Waals surface area (Å²) in [5.41, 5.74) is 10.1. The number of piperidine rings is 1. The van der Waals surface area contributed by atoms with Crippen LogP contribution in [0.3, 0.4) is 0 Å². The molecule has 1 aliphatic heterocycles. The Balaban J connectivity index is 1.20. The molecule has 1 aliphatic rings. The van der Waals surface area contributed by atoms with Crippen LogP contribution in [-0.2, 0) is 6.54 Å². The third-order valence-electron chi connectivity index (χ3n) is 6.85. The molecule has 1 fully saturated rings. The van der Waals surface area contributed by atoms with E-state index in [9.17, 15) is 0 Å². The first-order valence-corrected chi connectivity index (χ1v) is 12.1. The molecule has 178 valence electrons. The van der Waals surface area contributed by atoms with Gasteiger partial charge in [0.05, 0.1) is 23.1 Å². The molecule has 0 saturated carbocycles. The van der Waals surface area contributed by atoms with Gasteiger partial charge >= 0.3 is 0 Å². The lowest BCUT2D eigenvalue weighted by molar-refractivity contribution is 0.297. The third kappa shape index (κ3) is 4.33. The number of aromatic nitrogens is 5. The van der Waals surface area contributed by atoms with Crippen LogP contribution in [0.4, 0.5) is 5.69 Å². The Hall–Kier alpha value is -3.91. The predicted molar refractivity (Wildman–Crippen MR) is 138 cm³/mol. The first-order valence-electron chi connectivity index (χ1n) is 12.1. The van der Waals surface area contributed by atoms with Gasteiger partial charge in [0.15, 0.2) is 0 Å². The van der Waals surface area contributed by atoms with Crippen LogP contribution >= 0.6 is 0 Å². The van der Waals surface area contributed by atoms with Gasteiger partial charge in [0.1, 0.15) is 30.3 Å². The molecule has 6 rings (SSSR count). The van der Waals surface area contributed by atoms with Crippen molar-refractivity contribution in [2.24, 2.45) is 5.73 Å². The molecule has 8 heteroatoms. The zero-order valence-electron chi connectivity index (χ0n) is 19.8. The molecule has 2 aromatic carbocycles. The number of ether oxygens (including phenoxy) is 1. The molecule has 0 unspecified atom stereocenters. The molecular formula is C27H29N7O. The number of nitrogens with two attached hydrogens (primary N) is 1. The van der Waals surface area contributed by atoms with Gasteiger partial charge in [0.25, 0.3) is 0 Å². The Kier molecular flexibility index (Phi) is 5.58. The normalized spacial score (nSPS) is 14.7. The van der Waals surface area contributed by atoms with Gasteiger partial charge in [0, 0.05) is 48.7 Å². The Morgan fingerprint density at radius 1 is 1.00 bits per heavy atom. The Labute approximate surface area is 204 Å². The quantitative estimate of drug-likeness (QED) is 0.405. The largest absolute Gasteiger partial charge is 0.492 e. The summed E-state index contributed by atoms with van der Waals surface area (Å²) in [7, 11) is 0. The summed E-state index contributed by atoms with van der Waals surface area (Å²) >= 11 is 0. The van der Waals surface area contributed by atoms with Crippen LogP contribution in [0.1, 0.15) is 18.7 Å². The minimum Gasteiger partial charge on any atom is -0.492 e. The average Bonchev–Trinajstić information content (AvgIpc) is 3.49. The van der Waals surface area contributed by atoms with Crippen molar-refractivity contribution in [2.75, 3.05) is 24.6 Å². The summed E-state index contributed by atoms with van der Waals surface area (Å²) in [6.07, 6.45) is 7.67. The molecule has 8 nitrogen and oxygen atoms in total. The number of fused-ring (bicyclic) bond motifs is 2. The van der Waals surface area contributed by atoms with Gasteiger partial charge in [-0.25, -0.2) is 15.0 Å². The summed E-state index contributed by atoms with van der Waals surface area (Å²) in [6.45, 7) is 5.33. The maximum atomic E-state index is 6.07. The van der Waals surface area contributed by atoms with Crippen molar-refractivity contribution in [3.8, 4) is 11.6 Å². The minimum atomic E-state index is 0.329. The highest BCUT2D eigenvalue weighted by molar-refractivity contribution is 5.84. The summed E-state index contributed by atoms with van der Waals surface area (Å²) < 4.78 is 10.1. The fraction of sp³-hybridized carbons (Fsp3) is 0.296. The van der Waals surface area contributed by atoms with E-state index >= 15 is 0 Å². The first-order chi connectivity index (χ1) is 17.1. The van der Waals surface area contributed by atoms with Crippen molar-refractivity contribution in [1.82, 2.24) is 24.1 Å². The number of pyridine rings is 1. The monoisotopic (exact) mass is 467 g/mol. The fourth-order valence-corrected chi connectivity index (χ4v) is 4.76. The lowest BCUT2D eigenvalue weighted by Gasteiger charge is -2.32. The van der Waals surface area contributed by atoms with E-state index in [0.29, 0.717) is 12.6 Å². The maximum Gasteiger partial charge on any atom is 0.139 e. The lowest BCUT2D eigenvalue weighted by Crippen LogP contribution is -2.39. The molecule has 2 N–H and O–H groups in total. The fourth-order valence-electron chi connectivity index (χ4n) is 4.76. The Morgan fingerprint density at radius 2 is 1.89 bits per heavy atom. The van der Waals surface area contributed by atoms with Gasteiger partial charge in [-0.15, -0.1) is 0 Å². The van der Waals surface area contributed by atoms with Crippen LogP contribution < -0.4 is 15.4 Å². The van der Waals surface area contributed by atoms with E-state index in [0.717, 1.165) is 71.8 Å². The zero-order chi connectivity index (χ0) is 23.8. The highest BCUT2D eigenvalue weighted by atomic mass is 16.5. The molecule has 1 saturated heterocycles. The first kappa shape index (κ1) is 21.6. The van der Waals surface area contributed by atoms with E-state index < -0.39 is 0 Å². The van der Waals surface area contributed by atoms with Gasteiger partial charge in [-0.05, 0) is 62.2 Å². The van der Waals surface area contributed by atoms with Gasteiger partial charge in [0.2, 0.25) is 0 Å². The topological polar surface area (TPSA) is 87.0 Å².